The first kappa shape index (κ1) is 10.2. The van der Waals surface area contributed by atoms with Gasteiger partial charge in [-0.3, -0.25) is 0 Å². The van der Waals surface area contributed by atoms with Crippen LogP contribution < -0.4 is 0 Å². The molecule has 0 aromatic heterocycles. The van der Waals surface area contributed by atoms with Crippen molar-refractivity contribution in [3.63, 3.8) is 0 Å². The average Bonchev–Trinajstić information content (AvgIpc) is 2.11. The maximum atomic E-state index is 13.6. The Kier molecular flexibility index (Phi) is 2.46. The van der Waals surface area contributed by atoms with Crippen molar-refractivity contribution >= 4 is 23.2 Å². The van der Waals surface area contributed by atoms with Crippen LogP contribution in [0.1, 0.15) is 24.8 Å². The van der Waals surface area contributed by atoms with E-state index < -0.39 is 11.4 Å². The SMILES string of the molecule is OC1(c2ccc(Cl)c(Cl)c2F)CCC1. The van der Waals surface area contributed by atoms with Gasteiger partial charge in [0.05, 0.1) is 15.6 Å². The Bertz CT molecular complexity index is 375. The van der Waals surface area contributed by atoms with Crippen LogP contribution in [0.5, 0.6) is 0 Å². The van der Waals surface area contributed by atoms with E-state index in [9.17, 15) is 9.50 Å². The largest absolute Gasteiger partial charge is 0.385 e. The van der Waals surface area contributed by atoms with E-state index in [4.69, 9.17) is 23.2 Å². The molecule has 1 N–H and O–H groups in total. The Balaban J connectivity index is 2.49. The molecule has 76 valence electrons. The molecule has 0 bridgehead atoms. The van der Waals surface area contributed by atoms with Gasteiger partial charge in [-0.2, -0.15) is 0 Å². The lowest BCUT2D eigenvalue weighted by Crippen LogP contribution is -2.34. The van der Waals surface area contributed by atoms with Gasteiger partial charge >= 0.3 is 0 Å². The predicted octanol–water partition coefficient (Wildman–Crippen LogP) is 3.50. The van der Waals surface area contributed by atoms with Crippen molar-refractivity contribution in [2.45, 2.75) is 24.9 Å². The standard InChI is InChI=1S/C10H9Cl2FO/c11-7-3-2-6(9(13)8(7)12)10(14)4-1-5-10/h2-3,14H,1,4-5H2. The third kappa shape index (κ3) is 1.42. The lowest BCUT2D eigenvalue weighted by Gasteiger charge is -2.37. The van der Waals surface area contributed by atoms with E-state index in [2.05, 4.69) is 0 Å². The molecule has 1 aromatic rings. The highest BCUT2D eigenvalue weighted by atomic mass is 35.5. The molecule has 0 saturated heterocycles. The zero-order chi connectivity index (χ0) is 10.3. The van der Waals surface area contributed by atoms with E-state index >= 15 is 0 Å². The Morgan fingerprint density at radius 1 is 1.29 bits per heavy atom. The van der Waals surface area contributed by atoms with Gasteiger partial charge in [0, 0.05) is 5.56 Å². The Morgan fingerprint density at radius 2 is 1.93 bits per heavy atom. The normalized spacial score (nSPS) is 19.1. The first-order valence-corrected chi connectivity index (χ1v) is 5.16. The van der Waals surface area contributed by atoms with E-state index in [1.54, 1.807) is 0 Å². The van der Waals surface area contributed by atoms with Crippen LogP contribution in [0.4, 0.5) is 4.39 Å². The highest BCUT2D eigenvalue weighted by Gasteiger charge is 2.39. The average molecular weight is 235 g/mol. The topological polar surface area (TPSA) is 20.2 Å². The summed E-state index contributed by atoms with van der Waals surface area (Å²) in [6.07, 6.45) is 2.08. The minimum Gasteiger partial charge on any atom is -0.385 e. The Labute approximate surface area is 91.5 Å². The molecular weight excluding hydrogens is 226 g/mol. The number of aliphatic hydroxyl groups is 1. The minimum absolute atomic E-state index is 0.107. The number of benzene rings is 1. The summed E-state index contributed by atoms with van der Waals surface area (Å²) < 4.78 is 13.6. The summed E-state index contributed by atoms with van der Waals surface area (Å²) in [4.78, 5) is 0. The smallest absolute Gasteiger partial charge is 0.149 e. The van der Waals surface area contributed by atoms with Crippen LogP contribution >= 0.6 is 23.2 Å². The van der Waals surface area contributed by atoms with E-state index in [0.717, 1.165) is 6.42 Å². The van der Waals surface area contributed by atoms with E-state index in [-0.39, 0.29) is 15.6 Å². The zero-order valence-corrected chi connectivity index (χ0v) is 8.87. The fourth-order valence-electron chi connectivity index (χ4n) is 1.67. The van der Waals surface area contributed by atoms with Gasteiger partial charge in [-0.05, 0) is 25.3 Å². The lowest BCUT2D eigenvalue weighted by atomic mass is 9.75. The molecule has 1 aliphatic carbocycles. The summed E-state index contributed by atoms with van der Waals surface area (Å²) in [5.74, 6) is -0.596. The Morgan fingerprint density at radius 3 is 2.43 bits per heavy atom. The van der Waals surface area contributed by atoms with Crippen molar-refractivity contribution in [3.05, 3.63) is 33.6 Å². The van der Waals surface area contributed by atoms with Crippen molar-refractivity contribution < 1.29 is 9.50 Å². The van der Waals surface area contributed by atoms with Gasteiger partial charge in [-0.15, -0.1) is 0 Å². The number of rotatable bonds is 1. The van der Waals surface area contributed by atoms with Gasteiger partial charge in [0.15, 0.2) is 0 Å². The third-order valence-corrected chi connectivity index (χ3v) is 3.50. The predicted molar refractivity (Wildman–Crippen MR) is 54.2 cm³/mol. The zero-order valence-electron chi connectivity index (χ0n) is 7.36. The van der Waals surface area contributed by atoms with Crippen molar-refractivity contribution in [2.75, 3.05) is 0 Å². The van der Waals surface area contributed by atoms with E-state index in [1.165, 1.54) is 12.1 Å². The highest BCUT2D eigenvalue weighted by Crippen LogP contribution is 2.44. The van der Waals surface area contributed by atoms with Crippen molar-refractivity contribution in [1.29, 1.82) is 0 Å². The van der Waals surface area contributed by atoms with Crippen LogP contribution in [-0.2, 0) is 5.60 Å². The van der Waals surface area contributed by atoms with Gasteiger partial charge in [-0.1, -0.05) is 29.3 Å². The molecule has 0 radical (unpaired) electrons. The fraction of sp³-hybridized carbons (Fsp3) is 0.400. The molecule has 1 nitrogen and oxygen atoms in total. The molecule has 1 aromatic carbocycles. The molecule has 1 fully saturated rings. The summed E-state index contributed by atoms with van der Waals surface area (Å²) in [5.41, 5.74) is -0.767. The fourth-order valence-corrected chi connectivity index (χ4v) is 1.98. The summed E-state index contributed by atoms with van der Waals surface area (Å²) in [7, 11) is 0. The maximum Gasteiger partial charge on any atom is 0.149 e. The monoisotopic (exact) mass is 234 g/mol. The molecule has 2 rings (SSSR count). The van der Waals surface area contributed by atoms with E-state index in [0.29, 0.717) is 12.8 Å². The van der Waals surface area contributed by atoms with Crippen molar-refractivity contribution in [1.82, 2.24) is 0 Å². The molecule has 1 saturated carbocycles. The van der Waals surface area contributed by atoms with Crippen LogP contribution in [0, 0.1) is 5.82 Å². The molecular formula is C10H9Cl2FO. The molecule has 0 amide bonds. The Hall–Kier alpha value is -0.310. The van der Waals surface area contributed by atoms with Crippen molar-refractivity contribution in [3.8, 4) is 0 Å². The number of hydrogen-bond acceptors (Lipinski definition) is 1. The van der Waals surface area contributed by atoms with Gasteiger partial charge in [0.25, 0.3) is 0 Å². The molecule has 4 heteroatoms. The second-order valence-corrected chi connectivity index (χ2v) is 4.39. The van der Waals surface area contributed by atoms with Gasteiger partial charge in [0.1, 0.15) is 5.82 Å². The van der Waals surface area contributed by atoms with Crippen LogP contribution in [0.15, 0.2) is 12.1 Å². The summed E-state index contributed by atoms with van der Waals surface area (Å²) in [6, 6.07) is 3.02. The van der Waals surface area contributed by atoms with Crippen LogP contribution in [0.3, 0.4) is 0 Å². The van der Waals surface area contributed by atoms with Gasteiger partial charge in [0.2, 0.25) is 0 Å². The van der Waals surface area contributed by atoms with Crippen molar-refractivity contribution in [2.24, 2.45) is 0 Å². The second kappa shape index (κ2) is 3.37. The first-order valence-electron chi connectivity index (χ1n) is 4.41. The summed E-state index contributed by atoms with van der Waals surface area (Å²) >= 11 is 11.3. The molecule has 14 heavy (non-hydrogen) atoms. The summed E-state index contributed by atoms with van der Waals surface area (Å²) in [5, 5.41) is 10.0. The molecule has 0 unspecified atom stereocenters. The quantitative estimate of drug-likeness (QED) is 0.738. The summed E-state index contributed by atoms with van der Waals surface area (Å²) in [6.45, 7) is 0. The molecule has 0 atom stereocenters. The maximum absolute atomic E-state index is 13.6. The second-order valence-electron chi connectivity index (χ2n) is 3.61. The van der Waals surface area contributed by atoms with Crippen LogP contribution in [0.2, 0.25) is 10.0 Å². The van der Waals surface area contributed by atoms with Gasteiger partial charge in [-0.25, -0.2) is 4.39 Å². The third-order valence-electron chi connectivity index (χ3n) is 2.72. The minimum atomic E-state index is -1.03. The molecule has 0 aliphatic heterocycles. The highest BCUT2D eigenvalue weighted by molar-refractivity contribution is 6.42. The van der Waals surface area contributed by atoms with E-state index in [1.807, 2.05) is 0 Å². The lowest BCUT2D eigenvalue weighted by molar-refractivity contribution is -0.0416. The molecule has 0 heterocycles. The number of hydrogen-bond donors (Lipinski definition) is 1. The van der Waals surface area contributed by atoms with Crippen LogP contribution in [-0.4, -0.2) is 5.11 Å². The first-order chi connectivity index (χ1) is 6.54. The molecule has 0 spiro atoms. The van der Waals surface area contributed by atoms with Gasteiger partial charge < -0.3 is 5.11 Å². The van der Waals surface area contributed by atoms with Crippen LogP contribution in [0.25, 0.3) is 0 Å². The molecule has 1 aliphatic rings. The number of halogens is 3.